The molecule has 0 unspecified atom stereocenters. The number of carbonyl (C=O) groups excluding carboxylic acids is 3. The second kappa shape index (κ2) is 8.73. The Labute approximate surface area is 110 Å². The summed E-state index contributed by atoms with van der Waals surface area (Å²) in [5.41, 5.74) is 0. The fraction of sp³-hybridized carbons (Fsp3) is 0.417. The average Bonchev–Trinajstić information content (AvgIpc) is 2.31. The molecule has 0 spiro atoms. The SMILES string of the molecule is C=C(O)C(=O)OCCCCOC(=O)C(=C)OC(C)=O. The molecule has 1 N–H and O–H groups in total. The third kappa shape index (κ3) is 8.42. The van der Waals surface area contributed by atoms with Crippen molar-refractivity contribution in [2.45, 2.75) is 19.8 Å². The van der Waals surface area contributed by atoms with Gasteiger partial charge < -0.3 is 19.3 Å². The predicted molar refractivity (Wildman–Crippen MR) is 63.8 cm³/mol. The van der Waals surface area contributed by atoms with Crippen LogP contribution in [0.15, 0.2) is 24.7 Å². The van der Waals surface area contributed by atoms with Gasteiger partial charge in [-0.15, -0.1) is 0 Å². The topological polar surface area (TPSA) is 99.1 Å². The van der Waals surface area contributed by atoms with Crippen molar-refractivity contribution in [3.8, 4) is 0 Å². The lowest BCUT2D eigenvalue weighted by molar-refractivity contribution is -0.150. The van der Waals surface area contributed by atoms with Gasteiger partial charge in [-0.05, 0) is 26.0 Å². The van der Waals surface area contributed by atoms with Gasteiger partial charge in [-0.3, -0.25) is 4.79 Å². The summed E-state index contributed by atoms with van der Waals surface area (Å²) in [6.07, 6.45) is 0.872. The quantitative estimate of drug-likeness (QED) is 0.231. The van der Waals surface area contributed by atoms with Gasteiger partial charge in [0.15, 0.2) is 5.76 Å². The Bertz CT molecular complexity index is 384. The van der Waals surface area contributed by atoms with Gasteiger partial charge in [-0.25, -0.2) is 9.59 Å². The smallest absolute Gasteiger partial charge is 0.373 e. The standard InChI is InChI=1S/C12H16O7/c1-8(13)11(15)17-6-4-5-7-18-12(16)9(2)19-10(3)14/h13H,1-2,4-7H2,3H3. The van der Waals surface area contributed by atoms with Gasteiger partial charge in [-0.1, -0.05) is 0 Å². The number of rotatable bonds is 8. The molecule has 0 aliphatic rings. The first-order valence-electron chi connectivity index (χ1n) is 5.44. The molecule has 19 heavy (non-hydrogen) atoms. The summed E-state index contributed by atoms with van der Waals surface area (Å²) in [7, 11) is 0. The minimum atomic E-state index is -0.889. The maximum atomic E-state index is 11.2. The zero-order chi connectivity index (χ0) is 14.8. The van der Waals surface area contributed by atoms with E-state index in [0.29, 0.717) is 12.8 Å². The van der Waals surface area contributed by atoms with E-state index in [1.165, 1.54) is 0 Å². The second-order valence-corrected chi connectivity index (χ2v) is 3.44. The minimum Gasteiger partial charge on any atom is -0.502 e. The Kier molecular flexibility index (Phi) is 7.67. The van der Waals surface area contributed by atoms with Crippen LogP contribution in [-0.2, 0) is 28.6 Å². The largest absolute Gasteiger partial charge is 0.502 e. The first-order chi connectivity index (χ1) is 8.84. The molecule has 0 amide bonds. The van der Waals surface area contributed by atoms with Gasteiger partial charge in [0, 0.05) is 6.92 Å². The Morgan fingerprint density at radius 2 is 1.47 bits per heavy atom. The van der Waals surface area contributed by atoms with Crippen LogP contribution < -0.4 is 0 Å². The molecule has 0 aliphatic carbocycles. The second-order valence-electron chi connectivity index (χ2n) is 3.44. The molecule has 0 fully saturated rings. The van der Waals surface area contributed by atoms with E-state index < -0.39 is 23.7 Å². The number of unbranched alkanes of at least 4 members (excludes halogenated alkanes) is 1. The van der Waals surface area contributed by atoms with Gasteiger partial charge in [-0.2, -0.15) is 0 Å². The molecule has 0 aliphatic heterocycles. The van der Waals surface area contributed by atoms with Crippen molar-refractivity contribution in [3.05, 3.63) is 24.7 Å². The van der Waals surface area contributed by atoms with Crippen molar-refractivity contribution < 1.29 is 33.7 Å². The van der Waals surface area contributed by atoms with E-state index in [2.05, 4.69) is 22.6 Å². The fourth-order valence-corrected chi connectivity index (χ4v) is 0.913. The maximum Gasteiger partial charge on any atom is 0.373 e. The molecular weight excluding hydrogens is 256 g/mol. The van der Waals surface area contributed by atoms with Crippen LogP contribution in [0.2, 0.25) is 0 Å². The van der Waals surface area contributed by atoms with Gasteiger partial charge in [0.2, 0.25) is 5.76 Å². The zero-order valence-corrected chi connectivity index (χ0v) is 10.6. The number of aliphatic hydroxyl groups is 1. The number of esters is 3. The van der Waals surface area contributed by atoms with Gasteiger partial charge in [0.05, 0.1) is 13.2 Å². The van der Waals surface area contributed by atoms with E-state index in [9.17, 15) is 14.4 Å². The number of ether oxygens (including phenoxy) is 3. The molecule has 0 heterocycles. The first kappa shape index (κ1) is 16.7. The van der Waals surface area contributed by atoms with Crippen molar-refractivity contribution in [2.75, 3.05) is 13.2 Å². The summed E-state index contributed by atoms with van der Waals surface area (Å²) in [5, 5.41) is 8.64. The monoisotopic (exact) mass is 272 g/mol. The normalized spacial score (nSPS) is 9.32. The van der Waals surface area contributed by atoms with Crippen LogP contribution >= 0.6 is 0 Å². The average molecular weight is 272 g/mol. The molecule has 7 heteroatoms. The minimum absolute atomic E-state index is 0.0662. The van der Waals surface area contributed by atoms with E-state index in [1.54, 1.807) is 0 Å². The van der Waals surface area contributed by atoms with Crippen molar-refractivity contribution in [1.82, 2.24) is 0 Å². The third-order valence-electron chi connectivity index (χ3n) is 1.74. The van der Waals surface area contributed by atoms with Crippen molar-refractivity contribution in [2.24, 2.45) is 0 Å². The maximum absolute atomic E-state index is 11.2. The Morgan fingerprint density at radius 3 is 1.89 bits per heavy atom. The lowest BCUT2D eigenvalue weighted by atomic mass is 10.3. The summed E-state index contributed by atoms with van der Waals surface area (Å²) in [5.74, 6) is -3.41. The van der Waals surface area contributed by atoms with Crippen LogP contribution in [0, 0.1) is 0 Å². The van der Waals surface area contributed by atoms with Crippen molar-refractivity contribution >= 4 is 17.9 Å². The molecule has 0 aromatic heterocycles. The first-order valence-corrected chi connectivity index (χ1v) is 5.44. The van der Waals surface area contributed by atoms with Crippen LogP contribution in [-0.4, -0.2) is 36.2 Å². The molecular formula is C12H16O7. The summed E-state index contributed by atoms with van der Waals surface area (Å²) in [4.78, 5) is 32.5. The summed E-state index contributed by atoms with van der Waals surface area (Å²) in [6, 6.07) is 0. The fourth-order valence-electron chi connectivity index (χ4n) is 0.913. The lowest BCUT2D eigenvalue weighted by Gasteiger charge is -2.06. The van der Waals surface area contributed by atoms with Gasteiger partial charge >= 0.3 is 17.9 Å². The summed E-state index contributed by atoms with van der Waals surface area (Å²) >= 11 is 0. The number of aliphatic hydroxyl groups excluding tert-OH is 1. The molecule has 0 bridgehead atoms. The number of hydrogen-bond donors (Lipinski definition) is 1. The highest BCUT2D eigenvalue weighted by molar-refractivity contribution is 5.88. The molecule has 0 rings (SSSR count). The molecule has 0 atom stereocenters. The third-order valence-corrected chi connectivity index (χ3v) is 1.74. The Hall–Kier alpha value is -2.31. The van der Waals surface area contributed by atoms with E-state index in [4.69, 9.17) is 9.84 Å². The predicted octanol–water partition coefficient (Wildman–Crippen LogP) is 1.00. The zero-order valence-electron chi connectivity index (χ0n) is 10.6. The van der Waals surface area contributed by atoms with Crippen molar-refractivity contribution in [3.63, 3.8) is 0 Å². The van der Waals surface area contributed by atoms with Crippen LogP contribution in [0.4, 0.5) is 0 Å². The highest BCUT2D eigenvalue weighted by atomic mass is 16.6. The number of carbonyl (C=O) groups is 3. The Morgan fingerprint density at radius 1 is 1.00 bits per heavy atom. The highest BCUT2D eigenvalue weighted by Crippen LogP contribution is 2.00. The molecule has 106 valence electrons. The molecule has 7 nitrogen and oxygen atoms in total. The molecule has 0 saturated carbocycles. The van der Waals surface area contributed by atoms with E-state index in [-0.39, 0.29) is 19.0 Å². The van der Waals surface area contributed by atoms with Gasteiger partial charge in [0.1, 0.15) is 0 Å². The van der Waals surface area contributed by atoms with Crippen LogP contribution in [0.3, 0.4) is 0 Å². The van der Waals surface area contributed by atoms with E-state index >= 15 is 0 Å². The van der Waals surface area contributed by atoms with Crippen LogP contribution in [0.5, 0.6) is 0 Å². The molecule has 0 saturated heterocycles. The summed E-state index contributed by atoms with van der Waals surface area (Å²) in [6.45, 7) is 7.50. The van der Waals surface area contributed by atoms with E-state index in [0.717, 1.165) is 6.92 Å². The lowest BCUT2D eigenvalue weighted by Crippen LogP contribution is -2.13. The van der Waals surface area contributed by atoms with Crippen molar-refractivity contribution in [1.29, 1.82) is 0 Å². The van der Waals surface area contributed by atoms with Gasteiger partial charge in [0.25, 0.3) is 0 Å². The highest BCUT2D eigenvalue weighted by Gasteiger charge is 2.11. The van der Waals surface area contributed by atoms with Crippen LogP contribution in [0.25, 0.3) is 0 Å². The summed E-state index contributed by atoms with van der Waals surface area (Å²) < 4.78 is 13.8. The van der Waals surface area contributed by atoms with Crippen LogP contribution in [0.1, 0.15) is 19.8 Å². The molecule has 0 aromatic rings. The molecule has 0 radical (unpaired) electrons. The molecule has 0 aromatic carbocycles. The Balaban J connectivity index is 3.62. The number of hydrogen-bond acceptors (Lipinski definition) is 7. The van der Waals surface area contributed by atoms with E-state index in [1.807, 2.05) is 0 Å².